The first-order chi connectivity index (χ1) is 15.1. The van der Waals surface area contributed by atoms with E-state index in [1.807, 2.05) is 0 Å². The summed E-state index contributed by atoms with van der Waals surface area (Å²) in [5.74, 6) is -0.364. The lowest BCUT2D eigenvalue weighted by atomic mass is 10.1. The maximum atomic E-state index is 13.7. The molecule has 0 N–H and O–H groups in total. The number of anilines is 1. The molecule has 12 heteroatoms. The minimum absolute atomic E-state index is 0.0339. The minimum Gasteiger partial charge on any atom is -0.326 e. The number of aryl methyl sites for hydroxylation is 1. The van der Waals surface area contributed by atoms with Crippen LogP contribution in [0.1, 0.15) is 40.5 Å². The maximum absolute atomic E-state index is 13.7. The van der Waals surface area contributed by atoms with Crippen LogP contribution in [-0.4, -0.2) is 55.5 Å². The molecule has 0 spiro atoms. The molecule has 2 aliphatic rings. The van der Waals surface area contributed by atoms with Crippen molar-refractivity contribution in [3.05, 3.63) is 46.6 Å². The van der Waals surface area contributed by atoms with E-state index in [1.165, 1.54) is 9.80 Å². The van der Waals surface area contributed by atoms with E-state index in [9.17, 15) is 22.8 Å². The zero-order chi connectivity index (χ0) is 22.8. The second-order valence-corrected chi connectivity index (χ2v) is 8.42. The number of pyridine rings is 1. The van der Waals surface area contributed by atoms with Crippen LogP contribution in [0.4, 0.5) is 19.0 Å². The third-order valence-corrected chi connectivity index (χ3v) is 6.19. The van der Waals surface area contributed by atoms with Gasteiger partial charge >= 0.3 is 6.18 Å². The lowest BCUT2D eigenvalue weighted by Gasteiger charge is -2.33. The van der Waals surface area contributed by atoms with Crippen molar-refractivity contribution < 1.29 is 22.8 Å². The Morgan fingerprint density at radius 3 is 2.56 bits per heavy atom. The number of imidazole rings is 1. The maximum Gasteiger partial charge on any atom is 0.433 e. The van der Waals surface area contributed by atoms with E-state index < -0.39 is 17.8 Å². The third kappa shape index (κ3) is 3.40. The van der Waals surface area contributed by atoms with E-state index in [0.717, 1.165) is 18.9 Å². The molecule has 1 aliphatic heterocycles. The van der Waals surface area contributed by atoms with Gasteiger partial charge < -0.3 is 9.47 Å². The third-order valence-electron chi connectivity index (χ3n) is 5.81. The van der Waals surface area contributed by atoms with Gasteiger partial charge in [-0.15, -0.1) is 0 Å². The van der Waals surface area contributed by atoms with Crippen LogP contribution in [0.15, 0.2) is 24.7 Å². The molecule has 1 aliphatic carbocycles. The molecular weight excluding hydrogens is 449 g/mol. The molecule has 0 atom stereocenters. The minimum atomic E-state index is -4.66. The van der Waals surface area contributed by atoms with Gasteiger partial charge in [-0.05, 0) is 36.5 Å². The molecule has 3 aromatic heterocycles. The Morgan fingerprint density at radius 2 is 1.97 bits per heavy atom. The van der Waals surface area contributed by atoms with Crippen LogP contribution >= 0.6 is 11.6 Å². The van der Waals surface area contributed by atoms with Gasteiger partial charge in [-0.25, -0.2) is 9.50 Å². The molecule has 0 bridgehead atoms. The predicted molar refractivity (Wildman–Crippen MR) is 109 cm³/mol. The smallest absolute Gasteiger partial charge is 0.326 e. The number of carbonyl (C=O) groups is 2. The van der Waals surface area contributed by atoms with Crippen molar-refractivity contribution >= 4 is 34.7 Å². The average molecular weight is 467 g/mol. The molecule has 0 aromatic carbocycles. The number of hydrogen-bond donors (Lipinski definition) is 0. The highest BCUT2D eigenvalue weighted by molar-refractivity contribution is 6.36. The molecule has 2 amide bonds. The summed E-state index contributed by atoms with van der Waals surface area (Å²) in [7, 11) is 1.75. The predicted octanol–water partition coefficient (Wildman–Crippen LogP) is 3.11. The Kier molecular flexibility index (Phi) is 4.70. The number of halogens is 4. The Hall–Kier alpha value is -3.08. The Bertz CT molecular complexity index is 1250. The van der Waals surface area contributed by atoms with Crippen LogP contribution in [0.25, 0.3) is 5.52 Å². The molecule has 0 radical (unpaired) electrons. The van der Waals surface area contributed by atoms with Gasteiger partial charge in [0.15, 0.2) is 5.69 Å². The Balaban J connectivity index is 1.47. The standard InChI is InChI=1S/C20H18ClF3N6O2/c1-27-10-25-8-15(27)29-5-4-28(9-16(29)31)19(32)18-17(21)13-6-12(11-2-3-11)7-14(20(22,23)24)30(13)26-18/h6-8,10-11H,2-5,9H2,1H3. The molecule has 32 heavy (non-hydrogen) atoms. The summed E-state index contributed by atoms with van der Waals surface area (Å²) < 4.78 is 43.4. The lowest BCUT2D eigenvalue weighted by Crippen LogP contribution is -2.53. The van der Waals surface area contributed by atoms with Gasteiger partial charge in [0.25, 0.3) is 5.91 Å². The summed E-state index contributed by atoms with van der Waals surface area (Å²) in [5, 5.41) is 3.77. The van der Waals surface area contributed by atoms with E-state index in [2.05, 4.69) is 10.1 Å². The lowest BCUT2D eigenvalue weighted by molar-refractivity contribution is -0.142. The molecule has 5 rings (SSSR count). The first kappa shape index (κ1) is 20.8. The first-order valence-corrected chi connectivity index (χ1v) is 10.4. The van der Waals surface area contributed by atoms with Crippen LogP contribution in [0.2, 0.25) is 5.02 Å². The summed E-state index contributed by atoms with van der Waals surface area (Å²) in [4.78, 5) is 32.5. The fraction of sp³-hybridized carbons (Fsp3) is 0.400. The van der Waals surface area contributed by atoms with E-state index in [1.54, 1.807) is 30.2 Å². The zero-order valence-electron chi connectivity index (χ0n) is 16.9. The number of amides is 2. The quantitative estimate of drug-likeness (QED) is 0.594. The number of rotatable bonds is 3. The molecule has 4 heterocycles. The van der Waals surface area contributed by atoms with Gasteiger partial charge in [0.1, 0.15) is 18.1 Å². The highest BCUT2D eigenvalue weighted by Gasteiger charge is 2.38. The van der Waals surface area contributed by atoms with Crippen molar-refractivity contribution in [1.82, 2.24) is 24.1 Å². The number of nitrogens with zero attached hydrogens (tertiary/aromatic N) is 6. The largest absolute Gasteiger partial charge is 0.433 e. The monoisotopic (exact) mass is 466 g/mol. The fourth-order valence-electron chi connectivity index (χ4n) is 3.98. The summed E-state index contributed by atoms with van der Waals surface area (Å²) in [6, 6.07) is 2.63. The summed E-state index contributed by atoms with van der Waals surface area (Å²) in [6.07, 6.45) is 0.0703. The van der Waals surface area contributed by atoms with E-state index >= 15 is 0 Å². The topological polar surface area (TPSA) is 75.7 Å². The highest BCUT2D eigenvalue weighted by atomic mass is 35.5. The van der Waals surface area contributed by atoms with Crippen molar-refractivity contribution in [3.8, 4) is 0 Å². The second-order valence-electron chi connectivity index (χ2n) is 8.04. The van der Waals surface area contributed by atoms with Gasteiger partial charge in [0.2, 0.25) is 5.91 Å². The number of fused-ring (bicyclic) bond motifs is 1. The Labute approximate surface area is 185 Å². The number of aromatic nitrogens is 4. The summed E-state index contributed by atoms with van der Waals surface area (Å²) in [5.41, 5.74) is -0.709. The van der Waals surface area contributed by atoms with Crippen LogP contribution in [-0.2, 0) is 18.0 Å². The number of alkyl halides is 3. The molecule has 8 nitrogen and oxygen atoms in total. The second kappa shape index (κ2) is 7.22. The molecule has 0 unspecified atom stereocenters. The van der Waals surface area contributed by atoms with Gasteiger partial charge in [-0.3, -0.25) is 14.5 Å². The zero-order valence-corrected chi connectivity index (χ0v) is 17.7. The molecule has 3 aromatic rings. The Morgan fingerprint density at radius 1 is 1.22 bits per heavy atom. The van der Waals surface area contributed by atoms with Gasteiger partial charge in [0, 0.05) is 20.1 Å². The molecule has 1 saturated heterocycles. The fourth-order valence-corrected chi connectivity index (χ4v) is 4.23. The number of hydrogen-bond acceptors (Lipinski definition) is 4. The van der Waals surface area contributed by atoms with E-state index in [4.69, 9.17) is 11.6 Å². The molecular formula is C20H18ClF3N6O2. The number of piperazine rings is 1. The summed E-state index contributed by atoms with van der Waals surface area (Å²) >= 11 is 6.35. The summed E-state index contributed by atoms with van der Waals surface area (Å²) in [6.45, 7) is 0.155. The van der Waals surface area contributed by atoms with Crippen molar-refractivity contribution in [2.75, 3.05) is 24.5 Å². The van der Waals surface area contributed by atoms with Crippen LogP contribution in [0, 0.1) is 0 Å². The average Bonchev–Trinajstić information content (AvgIpc) is 3.43. The molecule has 1 saturated carbocycles. The normalized spacial score (nSPS) is 17.5. The van der Waals surface area contributed by atoms with Crippen LogP contribution in [0.3, 0.4) is 0 Å². The van der Waals surface area contributed by atoms with Crippen molar-refractivity contribution in [1.29, 1.82) is 0 Å². The van der Waals surface area contributed by atoms with Gasteiger partial charge in [0.05, 0.1) is 23.1 Å². The van der Waals surface area contributed by atoms with Crippen LogP contribution < -0.4 is 4.90 Å². The number of carbonyl (C=O) groups excluding carboxylic acids is 2. The SMILES string of the molecule is Cn1cncc1N1CCN(C(=O)c2nn3c(C(F)(F)F)cc(C4CC4)cc3c2Cl)CC1=O. The van der Waals surface area contributed by atoms with Crippen LogP contribution in [0.5, 0.6) is 0 Å². The first-order valence-electron chi connectivity index (χ1n) is 10.0. The van der Waals surface area contributed by atoms with Gasteiger partial charge in [-0.1, -0.05) is 11.6 Å². The van der Waals surface area contributed by atoms with Gasteiger partial charge in [-0.2, -0.15) is 18.3 Å². The van der Waals surface area contributed by atoms with Crippen molar-refractivity contribution in [2.45, 2.75) is 24.9 Å². The van der Waals surface area contributed by atoms with Crippen molar-refractivity contribution in [2.24, 2.45) is 7.05 Å². The highest BCUT2D eigenvalue weighted by Crippen LogP contribution is 2.43. The molecule has 168 valence electrons. The van der Waals surface area contributed by atoms with E-state index in [0.29, 0.717) is 15.9 Å². The molecule has 2 fully saturated rings. The van der Waals surface area contributed by atoms with Crippen molar-refractivity contribution in [3.63, 3.8) is 0 Å². The van der Waals surface area contributed by atoms with E-state index in [-0.39, 0.29) is 47.7 Å².